The fraction of sp³-hybridized carbons (Fsp3) is 0.522. The molecule has 5 nitrogen and oxygen atoms in total. The third kappa shape index (κ3) is 3.33. The van der Waals surface area contributed by atoms with Gasteiger partial charge in [0.15, 0.2) is 0 Å². The number of aromatic nitrogens is 2. The number of alkyl halides is 2. The molecule has 172 valence electrons. The number of carbonyl (C=O) groups is 1. The average Bonchev–Trinajstić information content (AvgIpc) is 3.07. The van der Waals surface area contributed by atoms with Crippen LogP contribution in [0.4, 0.5) is 22.4 Å². The number of carbonyl (C=O) groups excluding carboxylic acids is 1. The number of hydrogen-bond acceptors (Lipinski definition) is 4. The van der Waals surface area contributed by atoms with E-state index in [1.165, 1.54) is 6.07 Å². The second-order valence-electron chi connectivity index (χ2n) is 9.00. The summed E-state index contributed by atoms with van der Waals surface area (Å²) in [6.45, 7) is 4.98. The number of halogens is 4. The number of benzene rings is 1. The molecular formula is C23H25F4N3O2. The Hall–Kier alpha value is -2.71. The Bertz CT molecular complexity index is 1030. The van der Waals surface area contributed by atoms with Crippen molar-refractivity contribution in [3.8, 4) is 11.3 Å². The lowest BCUT2D eigenvalue weighted by molar-refractivity contribution is 0.0415. The van der Waals surface area contributed by atoms with Crippen LogP contribution in [0, 0.1) is 17.0 Å². The van der Waals surface area contributed by atoms with E-state index in [1.54, 1.807) is 13.0 Å². The fourth-order valence-corrected chi connectivity index (χ4v) is 5.55. The zero-order valence-electron chi connectivity index (χ0n) is 18.2. The highest BCUT2D eigenvalue weighted by atomic mass is 19.3. The lowest BCUT2D eigenvalue weighted by atomic mass is 9.68. The second kappa shape index (κ2) is 8.01. The summed E-state index contributed by atoms with van der Waals surface area (Å²) in [5, 5.41) is 8.46. The molecule has 1 fully saturated rings. The van der Waals surface area contributed by atoms with Crippen LogP contribution in [0.5, 0.6) is 0 Å². The zero-order valence-corrected chi connectivity index (χ0v) is 18.2. The first-order valence-corrected chi connectivity index (χ1v) is 10.6. The van der Waals surface area contributed by atoms with Gasteiger partial charge in [-0.2, -0.15) is 10.2 Å². The van der Waals surface area contributed by atoms with Crippen molar-refractivity contribution in [1.82, 2.24) is 15.1 Å². The van der Waals surface area contributed by atoms with Crippen LogP contribution < -0.4 is 0 Å². The van der Waals surface area contributed by atoms with Gasteiger partial charge in [0, 0.05) is 12.0 Å². The van der Waals surface area contributed by atoms with Crippen molar-refractivity contribution in [2.45, 2.75) is 51.4 Å². The van der Waals surface area contributed by atoms with E-state index in [2.05, 4.69) is 10.2 Å². The van der Waals surface area contributed by atoms with E-state index in [4.69, 9.17) is 4.74 Å². The predicted octanol–water partition coefficient (Wildman–Crippen LogP) is 5.30. The maximum Gasteiger partial charge on any atom is 0.409 e. The molecule has 1 heterocycles. The van der Waals surface area contributed by atoms with Gasteiger partial charge in [-0.3, -0.25) is 0 Å². The molecule has 0 saturated heterocycles. The smallest absolute Gasteiger partial charge is 0.409 e. The highest BCUT2D eigenvalue weighted by Gasteiger charge is 2.64. The Balaban J connectivity index is 1.78. The van der Waals surface area contributed by atoms with E-state index < -0.39 is 41.5 Å². The van der Waals surface area contributed by atoms with Crippen LogP contribution in [-0.4, -0.2) is 47.3 Å². The van der Waals surface area contributed by atoms with Crippen molar-refractivity contribution in [1.29, 1.82) is 0 Å². The molecule has 2 aliphatic rings. The van der Waals surface area contributed by atoms with Crippen LogP contribution in [0.3, 0.4) is 0 Å². The van der Waals surface area contributed by atoms with E-state index in [-0.39, 0.29) is 30.3 Å². The lowest BCUT2D eigenvalue weighted by Crippen LogP contribution is -2.49. The third-order valence-electron chi connectivity index (χ3n) is 7.18. The van der Waals surface area contributed by atoms with Crippen LogP contribution in [0.15, 0.2) is 24.3 Å². The summed E-state index contributed by atoms with van der Waals surface area (Å²) in [7, 11) is 0. The van der Waals surface area contributed by atoms with Crippen molar-refractivity contribution < 1.29 is 27.1 Å². The summed E-state index contributed by atoms with van der Waals surface area (Å²) in [5.74, 6) is -1.47. The van der Waals surface area contributed by atoms with Crippen LogP contribution in [0.25, 0.3) is 11.3 Å². The summed E-state index contributed by atoms with van der Waals surface area (Å²) in [6, 6.07) is 5.25. The minimum atomic E-state index is -2.71. The molecule has 0 spiro atoms. The Morgan fingerprint density at radius 2 is 1.94 bits per heavy atom. The van der Waals surface area contributed by atoms with Gasteiger partial charge in [0.05, 0.1) is 30.1 Å². The summed E-state index contributed by atoms with van der Waals surface area (Å²) >= 11 is 0. The van der Waals surface area contributed by atoms with Crippen molar-refractivity contribution in [3.63, 3.8) is 0 Å². The summed E-state index contributed by atoms with van der Waals surface area (Å²) in [4.78, 5) is 13.5. The van der Waals surface area contributed by atoms with Gasteiger partial charge in [-0.1, -0.05) is 19.9 Å². The molecule has 9 heteroatoms. The number of amides is 1. The largest absolute Gasteiger partial charge is 0.450 e. The first-order chi connectivity index (χ1) is 15.1. The highest BCUT2D eigenvalue weighted by Crippen LogP contribution is 2.67. The van der Waals surface area contributed by atoms with Crippen LogP contribution in [0.2, 0.25) is 0 Å². The van der Waals surface area contributed by atoms with Crippen molar-refractivity contribution in [2.75, 3.05) is 19.7 Å². The lowest BCUT2D eigenvalue weighted by Gasteiger charge is -2.41. The standard InChI is InChI=1S/C23H25F4N3O2/c1-4-32-21(31)30(11-18(26)27)12-23-9-8-14(22(23,2)3)13-10-17(28-29-20(13)23)19-15(24)6-5-7-16(19)25/h5-7,10,14,18H,4,8-9,11-12H2,1-3H3/t14-,23-/m0/s1. The first-order valence-electron chi connectivity index (χ1n) is 10.6. The molecule has 2 atom stereocenters. The number of ether oxygens (including phenoxy) is 1. The van der Waals surface area contributed by atoms with Crippen LogP contribution >= 0.6 is 0 Å². The van der Waals surface area contributed by atoms with Gasteiger partial charge in [0.1, 0.15) is 11.6 Å². The monoisotopic (exact) mass is 451 g/mol. The topological polar surface area (TPSA) is 55.3 Å². The fourth-order valence-electron chi connectivity index (χ4n) is 5.55. The van der Waals surface area contributed by atoms with E-state index in [9.17, 15) is 22.4 Å². The number of rotatable bonds is 6. The third-order valence-corrected chi connectivity index (χ3v) is 7.18. The van der Waals surface area contributed by atoms with E-state index >= 15 is 0 Å². The Kier molecular flexibility index (Phi) is 5.63. The van der Waals surface area contributed by atoms with Gasteiger partial charge >= 0.3 is 6.09 Å². The molecule has 0 aliphatic heterocycles. The maximum absolute atomic E-state index is 14.3. The normalized spacial score (nSPS) is 22.8. The molecule has 2 aromatic rings. The maximum atomic E-state index is 14.3. The molecule has 0 unspecified atom stereocenters. The van der Waals surface area contributed by atoms with Gasteiger partial charge in [0.2, 0.25) is 0 Å². The number of nitrogens with zero attached hydrogens (tertiary/aromatic N) is 3. The SMILES string of the molecule is CCOC(=O)N(CC(F)F)C[C@@]12CC[C@@H](c3cc(-c4c(F)cccc4F)nnc31)C2(C)C. The van der Waals surface area contributed by atoms with E-state index in [0.717, 1.165) is 29.0 Å². The molecule has 1 aromatic carbocycles. The molecule has 1 saturated carbocycles. The molecule has 0 radical (unpaired) electrons. The predicted molar refractivity (Wildman–Crippen MR) is 109 cm³/mol. The summed E-state index contributed by atoms with van der Waals surface area (Å²) in [6.07, 6.45) is -2.13. The van der Waals surface area contributed by atoms with Crippen LogP contribution in [-0.2, 0) is 10.2 Å². The van der Waals surface area contributed by atoms with Gasteiger partial charge < -0.3 is 9.64 Å². The minimum absolute atomic E-state index is 0.00261. The van der Waals surface area contributed by atoms with Crippen molar-refractivity contribution >= 4 is 6.09 Å². The van der Waals surface area contributed by atoms with Crippen molar-refractivity contribution in [3.05, 3.63) is 47.2 Å². The van der Waals surface area contributed by atoms with Gasteiger partial charge in [-0.15, -0.1) is 0 Å². The second-order valence-corrected chi connectivity index (χ2v) is 9.00. The first kappa shape index (κ1) is 22.5. The minimum Gasteiger partial charge on any atom is -0.450 e. The van der Waals surface area contributed by atoms with E-state index in [1.807, 2.05) is 13.8 Å². The molecule has 1 aromatic heterocycles. The Labute approximate surface area is 183 Å². The van der Waals surface area contributed by atoms with E-state index in [0.29, 0.717) is 12.1 Å². The van der Waals surface area contributed by atoms with Gasteiger partial charge in [0.25, 0.3) is 6.43 Å². The summed E-state index contributed by atoms with van der Waals surface area (Å²) in [5.41, 5.74) is 0.102. The summed E-state index contributed by atoms with van der Waals surface area (Å²) < 4.78 is 60.2. The van der Waals surface area contributed by atoms with Gasteiger partial charge in [-0.05, 0) is 54.9 Å². The molecular weight excluding hydrogens is 426 g/mol. The molecule has 2 bridgehead atoms. The number of fused-ring (bicyclic) bond motifs is 5. The zero-order chi connectivity index (χ0) is 23.3. The quantitative estimate of drug-likeness (QED) is 0.560. The molecule has 32 heavy (non-hydrogen) atoms. The van der Waals surface area contributed by atoms with Gasteiger partial charge in [-0.25, -0.2) is 22.4 Å². The molecule has 2 aliphatic carbocycles. The Morgan fingerprint density at radius 3 is 2.56 bits per heavy atom. The molecule has 4 rings (SSSR count). The molecule has 1 amide bonds. The highest BCUT2D eigenvalue weighted by molar-refractivity contribution is 5.68. The Morgan fingerprint density at radius 1 is 1.25 bits per heavy atom. The number of hydrogen-bond donors (Lipinski definition) is 0. The van der Waals surface area contributed by atoms with Crippen LogP contribution in [0.1, 0.15) is 50.8 Å². The molecule has 0 N–H and O–H groups in total. The average molecular weight is 451 g/mol. The van der Waals surface area contributed by atoms with Crippen molar-refractivity contribution in [2.24, 2.45) is 5.41 Å².